The predicted octanol–water partition coefficient (Wildman–Crippen LogP) is 0.884. The van der Waals surface area contributed by atoms with Crippen LogP contribution in [0.3, 0.4) is 0 Å². The molecule has 3 N–H and O–H groups in total. The Labute approximate surface area is 112 Å². The molecule has 2 aliphatic rings. The summed E-state index contributed by atoms with van der Waals surface area (Å²) in [7, 11) is 0. The SMILES string of the molecule is NC(CC1CC1)C(=O)OCOC(CC1CC1)C(=O)O. The van der Waals surface area contributed by atoms with Crippen LogP contribution in [0.4, 0.5) is 0 Å². The van der Waals surface area contributed by atoms with Crippen molar-refractivity contribution >= 4 is 11.9 Å². The molecule has 6 nitrogen and oxygen atoms in total. The molecule has 2 atom stereocenters. The van der Waals surface area contributed by atoms with Crippen LogP contribution in [0.25, 0.3) is 0 Å². The van der Waals surface area contributed by atoms with Gasteiger partial charge < -0.3 is 20.3 Å². The number of rotatable bonds is 9. The predicted molar refractivity (Wildman–Crippen MR) is 66.1 cm³/mol. The fourth-order valence-corrected chi connectivity index (χ4v) is 1.99. The van der Waals surface area contributed by atoms with Crippen LogP contribution in [-0.4, -0.2) is 36.0 Å². The summed E-state index contributed by atoms with van der Waals surface area (Å²) >= 11 is 0. The second-order valence-corrected chi connectivity index (χ2v) is 5.54. The molecule has 2 fully saturated rings. The number of hydrogen-bond acceptors (Lipinski definition) is 5. The highest BCUT2D eigenvalue weighted by molar-refractivity contribution is 5.75. The van der Waals surface area contributed by atoms with Crippen LogP contribution in [0.15, 0.2) is 0 Å². The Balaban J connectivity index is 1.62. The molecule has 2 unspecified atom stereocenters. The number of aliphatic carboxylic acids is 1. The van der Waals surface area contributed by atoms with E-state index in [1.165, 1.54) is 0 Å². The van der Waals surface area contributed by atoms with Gasteiger partial charge in [0.1, 0.15) is 6.04 Å². The van der Waals surface area contributed by atoms with E-state index in [1.807, 2.05) is 0 Å². The highest BCUT2D eigenvalue weighted by atomic mass is 16.7. The quantitative estimate of drug-likeness (QED) is 0.477. The van der Waals surface area contributed by atoms with Crippen molar-refractivity contribution in [2.24, 2.45) is 17.6 Å². The zero-order chi connectivity index (χ0) is 13.8. The van der Waals surface area contributed by atoms with E-state index in [4.69, 9.17) is 20.3 Å². The van der Waals surface area contributed by atoms with Gasteiger partial charge in [0.05, 0.1) is 0 Å². The lowest BCUT2D eigenvalue weighted by Gasteiger charge is -2.15. The lowest BCUT2D eigenvalue weighted by Crippen LogP contribution is -2.34. The number of carbonyl (C=O) groups excluding carboxylic acids is 1. The molecule has 0 bridgehead atoms. The van der Waals surface area contributed by atoms with Crippen molar-refractivity contribution in [2.45, 2.75) is 50.7 Å². The topological polar surface area (TPSA) is 98.9 Å². The molecule has 0 radical (unpaired) electrons. The minimum Gasteiger partial charge on any atom is -0.479 e. The molecule has 0 aromatic heterocycles. The summed E-state index contributed by atoms with van der Waals surface area (Å²) in [4.78, 5) is 22.5. The van der Waals surface area contributed by atoms with Crippen molar-refractivity contribution in [2.75, 3.05) is 6.79 Å². The first-order valence-electron chi connectivity index (χ1n) is 6.83. The zero-order valence-corrected chi connectivity index (χ0v) is 10.9. The van der Waals surface area contributed by atoms with E-state index in [2.05, 4.69) is 0 Å². The lowest BCUT2D eigenvalue weighted by molar-refractivity contribution is -0.174. The minimum atomic E-state index is -1.01. The molecular formula is C13H21NO5. The molecule has 0 aromatic rings. The van der Waals surface area contributed by atoms with Crippen molar-refractivity contribution in [3.8, 4) is 0 Å². The van der Waals surface area contributed by atoms with Crippen molar-refractivity contribution in [1.82, 2.24) is 0 Å². The average molecular weight is 271 g/mol. The van der Waals surface area contributed by atoms with Gasteiger partial charge in [-0.25, -0.2) is 4.79 Å². The largest absolute Gasteiger partial charge is 0.479 e. The maximum absolute atomic E-state index is 11.5. The van der Waals surface area contributed by atoms with Gasteiger partial charge >= 0.3 is 11.9 Å². The highest BCUT2D eigenvalue weighted by Crippen LogP contribution is 2.34. The Morgan fingerprint density at radius 2 is 1.74 bits per heavy atom. The molecule has 2 saturated carbocycles. The van der Waals surface area contributed by atoms with E-state index in [0.29, 0.717) is 24.7 Å². The van der Waals surface area contributed by atoms with E-state index in [-0.39, 0.29) is 6.79 Å². The molecule has 6 heteroatoms. The van der Waals surface area contributed by atoms with Gasteiger partial charge in [-0.2, -0.15) is 0 Å². The van der Waals surface area contributed by atoms with Crippen LogP contribution in [0.5, 0.6) is 0 Å². The third kappa shape index (κ3) is 5.16. The number of carboxylic acids is 1. The number of carbonyl (C=O) groups is 2. The molecule has 19 heavy (non-hydrogen) atoms. The normalized spacial score (nSPS) is 21.7. The van der Waals surface area contributed by atoms with Gasteiger partial charge in [0.2, 0.25) is 0 Å². The fourth-order valence-electron chi connectivity index (χ4n) is 1.99. The maximum Gasteiger partial charge on any atom is 0.332 e. The van der Waals surface area contributed by atoms with Crippen LogP contribution in [0, 0.1) is 11.8 Å². The fraction of sp³-hybridized carbons (Fsp3) is 0.846. The van der Waals surface area contributed by atoms with Crippen LogP contribution >= 0.6 is 0 Å². The summed E-state index contributed by atoms with van der Waals surface area (Å²) in [5.41, 5.74) is 5.68. The van der Waals surface area contributed by atoms with Crippen molar-refractivity contribution in [3.05, 3.63) is 0 Å². The number of nitrogens with two attached hydrogens (primary N) is 1. The highest BCUT2D eigenvalue weighted by Gasteiger charge is 2.31. The summed E-state index contributed by atoms with van der Waals surface area (Å²) in [5.74, 6) is -0.535. The van der Waals surface area contributed by atoms with E-state index in [1.54, 1.807) is 0 Å². The van der Waals surface area contributed by atoms with E-state index in [0.717, 1.165) is 25.7 Å². The molecule has 2 aliphatic carbocycles. The molecule has 0 heterocycles. The van der Waals surface area contributed by atoms with Crippen LogP contribution in [0.2, 0.25) is 0 Å². The number of hydrogen-bond donors (Lipinski definition) is 2. The van der Waals surface area contributed by atoms with Gasteiger partial charge in [-0.15, -0.1) is 0 Å². The summed E-state index contributed by atoms with van der Waals surface area (Å²) in [5, 5.41) is 8.96. The van der Waals surface area contributed by atoms with E-state index in [9.17, 15) is 9.59 Å². The van der Waals surface area contributed by atoms with E-state index >= 15 is 0 Å². The second-order valence-electron chi connectivity index (χ2n) is 5.54. The monoisotopic (exact) mass is 271 g/mol. The van der Waals surface area contributed by atoms with Crippen LogP contribution in [0.1, 0.15) is 38.5 Å². The Morgan fingerprint density at radius 3 is 2.26 bits per heavy atom. The first kappa shape index (κ1) is 14.3. The zero-order valence-electron chi connectivity index (χ0n) is 10.9. The van der Waals surface area contributed by atoms with Crippen molar-refractivity contribution in [3.63, 3.8) is 0 Å². The molecule has 2 rings (SSSR count). The Morgan fingerprint density at radius 1 is 1.16 bits per heavy atom. The van der Waals surface area contributed by atoms with Crippen LogP contribution < -0.4 is 5.73 Å². The first-order chi connectivity index (χ1) is 9.06. The summed E-state index contributed by atoms with van der Waals surface area (Å²) in [6.45, 7) is -0.332. The summed E-state index contributed by atoms with van der Waals surface area (Å²) in [6, 6.07) is -0.622. The minimum absolute atomic E-state index is 0.332. The third-order valence-corrected chi connectivity index (χ3v) is 3.58. The number of ether oxygens (including phenoxy) is 2. The molecule has 0 amide bonds. The Bertz CT molecular complexity index is 338. The van der Waals surface area contributed by atoms with Gasteiger partial charge in [-0.1, -0.05) is 25.7 Å². The van der Waals surface area contributed by atoms with Gasteiger partial charge in [0, 0.05) is 0 Å². The second kappa shape index (κ2) is 6.34. The Hall–Kier alpha value is -1.14. The molecule has 0 spiro atoms. The molecule has 0 saturated heterocycles. The first-order valence-corrected chi connectivity index (χ1v) is 6.83. The summed E-state index contributed by atoms with van der Waals surface area (Å²) in [6.07, 6.45) is 4.60. The molecule has 0 aromatic carbocycles. The van der Waals surface area contributed by atoms with Gasteiger partial charge in [0.25, 0.3) is 0 Å². The Kier molecular flexibility index (Phi) is 4.76. The van der Waals surface area contributed by atoms with Gasteiger partial charge in [-0.05, 0) is 24.7 Å². The van der Waals surface area contributed by atoms with Crippen LogP contribution in [-0.2, 0) is 19.1 Å². The molecular weight excluding hydrogens is 250 g/mol. The third-order valence-electron chi connectivity index (χ3n) is 3.58. The molecule has 108 valence electrons. The average Bonchev–Trinajstić information content (AvgIpc) is 3.21. The lowest BCUT2D eigenvalue weighted by atomic mass is 10.1. The smallest absolute Gasteiger partial charge is 0.332 e. The van der Waals surface area contributed by atoms with Gasteiger partial charge in [-0.3, -0.25) is 4.79 Å². The summed E-state index contributed by atoms with van der Waals surface area (Å²) < 4.78 is 9.96. The van der Waals surface area contributed by atoms with Gasteiger partial charge in [0.15, 0.2) is 12.9 Å². The number of esters is 1. The standard InChI is InChI=1S/C13H21NO5/c14-10(5-8-1-2-8)13(17)19-7-18-11(12(15)16)6-9-3-4-9/h8-11H,1-7,14H2,(H,15,16). The molecule has 0 aliphatic heterocycles. The van der Waals surface area contributed by atoms with Crippen molar-refractivity contribution < 1.29 is 24.2 Å². The van der Waals surface area contributed by atoms with E-state index < -0.39 is 24.1 Å². The maximum atomic E-state index is 11.5. The number of carboxylic acid groups (broad SMARTS) is 1. The van der Waals surface area contributed by atoms with Crippen molar-refractivity contribution in [1.29, 1.82) is 0 Å².